The van der Waals surface area contributed by atoms with Crippen LogP contribution in [-0.4, -0.2) is 13.2 Å². The van der Waals surface area contributed by atoms with Gasteiger partial charge in [-0.05, 0) is 18.3 Å². The molecule has 0 saturated carbocycles. The average molecular weight is 238 g/mol. The van der Waals surface area contributed by atoms with Crippen LogP contribution in [0.1, 0.15) is 66.7 Å². The fourth-order valence-corrected chi connectivity index (χ4v) is 1.54. The molecule has 1 heteroatoms. The second-order valence-electron chi connectivity index (χ2n) is 6.21. The van der Waals surface area contributed by atoms with E-state index in [9.17, 15) is 0 Å². The first kappa shape index (κ1) is 16.5. The summed E-state index contributed by atoms with van der Waals surface area (Å²) in [7, 11) is 0. The Labute approximate surface area is 108 Å². The SMILES string of the molecule is CC(C)C#CCCOCCCCCC(C)(C)C. The third-order valence-electron chi connectivity index (χ3n) is 2.48. The molecular formula is C16H30O. The van der Waals surface area contributed by atoms with Crippen molar-refractivity contribution in [1.82, 2.24) is 0 Å². The normalized spacial score (nSPS) is 11.4. The monoisotopic (exact) mass is 238 g/mol. The van der Waals surface area contributed by atoms with Crippen LogP contribution in [0.15, 0.2) is 0 Å². The van der Waals surface area contributed by atoms with E-state index in [0.717, 1.165) is 19.6 Å². The van der Waals surface area contributed by atoms with Gasteiger partial charge in [0.15, 0.2) is 0 Å². The molecule has 0 fully saturated rings. The van der Waals surface area contributed by atoms with E-state index in [-0.39, 0.29) is 0 Å². The lowest BCUT2D eigenvalue weighted by Crippen LogP contribution is -2.04. The zero-order valence-electron chi connectivity index (χ0n) is 12.4. The Hall–Kier alpha value is -0.480. The van der Waals surface area contributed by atoms with Crippen molar-refractivity contribution in [3.05, 3.63) is 0 Å². The van der Waals surface area contributed by atoms with Crippen LogP contribution < -0.4 is 0 Å². The molecule has 0 radical (unpaired) electrons. The molecule has 0 aromatic heterocycles. The maximum Gasteiger partial charge on any atom is 0.0575 e. The quantitative estimate of drug-likeness (QED) is 0.463. The fourth-order valence-electron chi connectivity index (χ4n) is 1.54. The van der Waals surface area contributed by atoms with Gasteiger partial charge in [0.1, 0.15) is 0 Å². The summed E-state index contributed by atoms with van der Waals surface area (Å²) >= 11 is 0. The van der Waals surface area contributed by atoms with Crippen LogP contribution >= 0.6 is 0 Å². The van der Waals surface area contributed by atoms with Crippen molar-refractivity contribution < 1.29 is 4.74 Å². The summed E-state index contributed by atoms with van der Waals surface area (Å²) in [5, 5.41) is 0. The predicted molar refractivity (Wildman–Crippen MR) is 76.0 cm³/mol. The van der Waals surface area contributed by atoms with Crippen molar-refractivity contribution in [3.63, 3.8) is 0 Å². The standard InChI is InChI=1S/C16H30O/c1-15(2)11-7-10-14-17-13-9-6-8-12-16(3,4)5/h15H,6,8-10,12-14H2,1-5H3. The summed E-state index contributed by atoms with van der Waals surface area (Å²) in [5.41, 5.74) is 0.479. The second kappa shape index (κ2) is 9.54. The van der Waals surface area contributed by atoms with Crippen LogP contribution in [0.5, 0.6) is 0 Å². The van der Waals surface area contributed by atoms with E-state index in [0.29, 0.717) is 11.3 Å². The number of hydrogen-bond acceptors (Lipinski definition) is 1. The predicted octanol–water partition coefficient (Wildman–Crippen LogP) is 4.66. The van der Waals surface area contributed by atoms with Gasteiger partial charge in [-0.2, -0.15) is 0 Å². The Morgan fingerprint density at radius 3 is 2.29 bits per heavy atom. The Morgan fingerprint density at radius 2 is 1.71 bits per heavy atom. The molecular weight excluding hydrogens is 208 g/mol. The molecule has 0 rings (SSSR count). The van der Waals surface area contributed by atoms with Gasteiger partial charge >= 0.3 is 0 Å². The molecule has 1 nitrogen and oxygen atoms in total. The second-order valence-corrected chi connectivity index (χ2v) is 6.21. The van der Waals surface area contributed by atoms with E-state index < -0.39 is 0 Å². The molecule has 0 aromatic rings. The van der Waals surface area contributed by atoms with Gasteiger partial charge in [0.05, 0.1) is 6.61 Å². The summed E-state index contributed by atoms with van der Waals surface area (Å²) in [6.07, 6.45) is 5.98. The van der Waals surface area contributed by atoms with Crippen LogP contribution in [-0.2, 0) is 4.74 Å². The van der Waals surface area contributed by atoms with Crippen LogP contribution in [0.2, 0.25) is 0 Å². The minimum absolute atomic E-state index is 0.479. The van der Waals surface area contributed by atoms with Crippen molar-refractivity contribution in [2.24, 2.45) is 11.3 Å². The Morgan fingerprint density at radius 1 is 1.00 bits per heavy atom. The first-order valence-corrected chi connectivity index (χ1v) is 6.98. The van der Waals surface area contributed by atoms with E-state index in [1.807, 2.05) is 0 Å². The highest BCUT2D eigenvalue weighted by Crippen LogP contribution is 2.21. The fraction of sp³-hybridized carbons (Fsp3) is 0.875. The smallest absolute Gasteiger partial charge is 0.0575 e. The first-order chi connectivity index (χ1) is 7.92. The van der Waals surface area contributed by atoms with E-state index in [4.69, 9.17) is 4.74 Å². The molecule has 0 unspecified atom stereocenters. The molecule has 0 saturated heterocycles. The summed E-state index contributed by atoms with van der Waals surface area (Å²) in [4.78, 5) is 0. The van der Waals surface area contributed by atoms with Crippen molar-refractivity contribution in [2.45, 2.75) is 66.7 Å². The molecule has 100 valence electrons. The maximum atomic E-state index is 5.55. The largest absolute Gasteiger partial charge is 0.380 e. The van der Waals surface area contributed by atoms with Crippen LogP contribution in [0, 0.1) is 23.2 Å². The van der Waals surface area contributed by atoms with Crippen molar-refractivity contribution >= 4 is 0 Å². The third-order valence-corrected chi connectivity index (χ3v) is 2.48. The Balaban J connectivity index is 3.18. The number of ether oxygens (including phenoxy) is 1. The molecule has 0 aliphatic carbocycles. The molecule has 0 aliphatic rings. The van der Waals surface area contributed by atoms with E-state index in [2.05, 4.69) is 46.5 Å². The molecule has 0 spiro atoms. The molecule has 0 amide bonds. The molecule has 0 bridgehead atoms. The van der Waals surface area contributed by atoms with Crippen molar-refractivity contribution in [1.29, 1.82) is 0 Å². The van der Waals surface area contributed by atoms with Crippen molar-refractivity contribution in [3.8, 4) is 11.8 Å². The average Bonchev–Trinajstić information content (AvgIpc) is 2.18. The first-order valence-electron chi connectivity index (χ1n) is 6.98. The minimum atomic E-state index is 0.479. The van der Waals surface area contributed by atoms with Gasteiger partial charge in [0.2, 0.25) is 0 Å². The van der Waals surface area contributed by atoms with Gasteiger partial charge < -0.3 is 4.74 Å². The van der Waals surface area contributed by atoms with Crippen molar-refractivity contribution in [2.75, 3.05) is 13.2 Å². The molecule has 0 N–H and O–H groups in total. The lowest BCUT2D eigenvalue weighted by molar-refractivity contribution is 0.134. The highest BCUT2D eigenvalue weighted by atomic mass is 16.5. The van der Waals surface area contributed by atoms with Gasteiger partial charge in [0, 0.05) is 18.9 Å². The number of rotatable bonds is 7. The topological polar surface area (TPSA) is 9.23 Å². The Kier molecular flexibility index (Phi) is 9.27. The molecule has 0 aromatic carbocycles. The van der Waals surface area contributed by atoms with Gasteiger partial charge in [-0.3, -0.25) is 0 Å². The highest BCUT2D eigenvalue weighted by molar-refractivity contribution is 5.00. The highest BCUT2D eigenvalue weighted by Gasteiger charge is 2.08. The maximum absolute atomic E-state index is 5.55. The molecule has 0 aliphatic heterocycles. The zero-order chi connectivity index (χ0) is 13.1. The summed E-state index contributed by atoms with van der Waals surface area (Å²) in [5.74, 6) is 6.75. The molecule has 0 atom stereocenters. The van der Waals surface area contributed by atoms with Gasteiger partial charge in [-0.15, -0.1) is 11.8 Å². The van der Waals surface area contributed by atoms with Gasteiger partial charge in [0.25, 0.3) is 0 Å². The van der Waals surface area contributed by atoms with Gasteiger partial charge in [-0.1, -0.05) is 47.5 Å². The van der Waals surface area contributed by atoms with E-state index >= 15 is 0 Å². The lowest BCUT2D eigenvalue weighted by Gasteiger charge is -2.17. The molecule has 17 heavy (non-hydrogen) atoms. The van der Waals surface area contributed by atoms with E-state index in [1.54, 1.807) is 0 Å². The summed E-state index contributed by atoms with van der Waals surface area (Å²) < 4.78 is 5.55. The van der Waals surface area contributed by atoms with E-state index in [1.165, 1.54) is 25.7 Å². The zero-order valence-corrected chi connectivity index (χ0v) is 12.4. The minimum Gasteiger partial charge on any atom is -0.380 e. The van der Waals surface area contributed by atoms with Crippen LogP contribution in [0.3, 0.4) is 0 Å². The molecule has 0 heterocycles. The van der Waals surface area contributed by atoms with Crippen LogP contribution in [0.25, 0.3) is 0 Å². The number of unbranched alkanes of at least 4 members (excludes halogenated alkanes) is 2. The lowest BCUT2D eigenvalue weighted by atomic mass is 9.89. The van der Waals surface area contributed by atoms with Gasteiger partial charge in [-0.25, -0.2) is 0 Å². The Bertz CT molecular complexity index is 224. The third kappa shape index (κ3) is 15.5. The summed E-state index contributed by atoms with van der Waals surface area (Å²) in [6, 6.07) is 0. The number of hydrogen-bond donors (Lipinski definition) is 0. The van der Waals surface area contributed by atoms with Crippen LogP contribution in [0.4, 0.5) is 0 Å². The summed E-state index contributed by atoms with van der Waals surface area (Å²) in [6.45, 7) is 12.8.